The normalized spacial score (nSPS) is 21.1. The Hall–Kier alpha value is -3.39. The molecule has 2 atom stereocenters. The van der Waals surface area contributed by atoms with Gasteiger partial charge in [0.1, 0.15) is 6.54 Å². The van der Waals surface area contributed by atoms with Crippen molar-refractivity contribution in [3.05, 3.63) is 60.7 Å². The number of ether oxygens (including phenoxy) is 1. The van der Waals surface area contributed by atoms with Crippen LogP contribution in [-0.4, -0.2) is 41.7 Å². The fourth-order valence-electron chi connectivity index (χ4n) is 4.38. The third-order valence-corrected chi connectivity index (χ3v) is 7.05. The van der Waals surface area contributed by atoms with E-state index in [0.29, 0.717) is 12.8 Å². The number of benzene rings is 2. The number of carbonyl (C=O) groups is 4. The fourth-order valence-corrected chi connectivity index (χ4v) is 5.44. The summed E-state index contributed by atoms with van der Waals surface area (Å²) < 4.78 is 5.20. The average Bonchev–Trinajstić information content (AvgIpc) is 3.06. The maximum Gasteiger partial charge on any atom is 0.326 e. The van der Waals surface area contributed by atoms with Crippen LogP contribution in [0, 0.1) is 11.8 Å². The Morgan fingerprint density at radius 3 is 1.97 bits per heavy atom. The van der Waals surface area contributed by atoms with Gasteiger partial charge in [0.15, 0.2) is 6.61 Å². The van der Waals surface area contributed by atoms with Crippen LogP contribution in [0.15, 0.2) is 70.5 Å². The molecule has 162 valence electrons. The number of carbonyl (C=O) groups excluding carboxylic acids is 4. The zero-order valence-corrected chi connectivity index (χ0v) is 17.9. The van der Waals surface area contributed by atoms with Gasteiger partial charge in [0.05, 0.1) is 23.2 Å². The lowest BCUT2D eigenvalue weighted by Crippen LogP contribution is -2.38. The van der Waals surface area contributed by atoms with E-state index in [9.17, 15) is 19.2 Å². The van der Waals surface area contributed by atoms with Gasteiger partial charge in [-0.2, -0.15) is 0 Å². The molecule has 0 radical (unpaired) electrons. The van der Waals surface area contributed by atoms with Crippen molar-refractivity contribution in [2.75, 3.05) is 18.1 Å². The number of hydrogen-bond acceptors (Lipinski definition) is 6. The van der Waals surface area contributed by atoms with Gasteiger partial charge in [-0.15, -0.1) is 0 Å². The van der Waals surface area contributed by atoms with Gasteiger partial charge in [-0.05, 0) is 37.1 Å². The van der Waals surface area contributed by atoms with Gasteiger partial charge in [-0.1, -0.05) is 48.2 Å². The summed E-state index contributed by atoms with van der Waals surface area (Å²) in [5.41, 5.74) is 1.44. The van der Waals surface area contributed by atoms with E-state index < -0.39 is 36.9 Å². The largest absolute Gasteiger partial charge is 0.454 e. The summed E-state index contributed by atoms with van der Waals surface area (Å²) in [6.45, 7) is -0.961. The standard InChI is InChI=1S/C24H20N2O5S/c27-21(26-17-9-3-5-11-19(17)32-20-12-6-4-10-18(20)26)14-31-22(28)13-25-23(29)15-7-1-2-8-16(15)24(25)30/h1-6,9-12,15-16H,7-8,13-14H2/t15-,16-/m1/s1. The zero-order chi connectivity index (χ0) is 22.2. The van der Waals surface area contributed by atoms with Crippen molar-refractivity contribution in [3.63, 3.8) is 0 Å². The quantitative estimate of drug-likeness (QED) is 0.405. The second kappa shape index (κ2) is 8.27. The third kappa shape index (κ3) is 3.50. The number of imide groups is 1. The van der Waals surface area contributed by atoms with Gasteiger partial charge in [0.25, 0.3) is 5.91 Å². The Kier molecular flexibility index (Phi) is 5.30. The van der Waals surface area contributed by atoms with Gasteiger partial charge in [0, 0.05) is 9.79 Å². The van der Waals surface area contributed by atoms with E-state index in [4.69, 9.17) is 4.74 Å². The number of likely N-dealkylation sites (tertiary alicyclic amines) is 1. The summed E-state index contributed by atoms with van der Waals surface area (Å²) in [4.78, 5) is 54.9. The lowest BCUT2D eigenvalue weighted by molar-refractivity contribution is -0.154. The molecule has 7 nitrogen and oxygen atoms in total. The topological polar surface area (TPSA) is 84.0 Å². The highest BCUT2D eigenvalue weighted by Crippen LogP contribution is 2.47. The second-order valence-electron chi connectivity index (χ2n) is 7.85. The van der Waals surface area contributed by atoms with E-state index in [1.54, 1.807) is 16.7 Å². The first kappa shape index (κ1) is 20.5. The molecule has 2 aromatic rings. The highest BCUT2D eigenvalue weighted by molar-refractivity contribution is 7.99. The van der Waals surface area contributed by atoms with Crippen LogP contribution in [0.4, 0.5) is 11.4 Å². The first-order valence-corrected chi connectivity index (χ1v) is 11.2. The third-order valence-electron chi connectivity index (χ3n) is 5.92. The monoisotopic (exact) mass is 448 g/mol. The van der Waals surface area contributed by atoms with Crippen LogP contribution < -0.4 is 4.90 Å². The minimum Gasteiger partial charge on any atom is -0.454 e. The summed E-state index contributed by atoms with van der Waals surface area (Å²) in [6.07, 6.45) is 4.79. The van der Waals surface area contributed by atoms with Gasteiger partial charge in [0.2, 0.25) is 11.8 Å². The Balaban J connectivity index is 1.27. The number of hydrogen-bond donors (Lipinski definition) is 0. The van der Waals surface area contributed by atoms with Gasteiger partial charge in [-0.25, -0.2) is 0 Å². The van der Waals surface area contributed by atoms with E-state index in [1.807, 2.05) is 60.7 Å². The molecule has 0 spiro atoms. The summed E-state index contributed by atoms with van der Waals surface area (Å²) in [5, 5.41) is 0. The molecule has 0 unspecified atom stereocenters. The van der Waals surface area contributed by atoms with E-state index in [1.165, 1.54) is 0 Å². The number of nitrogens with zero attached hydrogens (tertiary/aromatic N) is 2. The summed E-state index contributed by atoms with van der Waals surface area (Å²) >= 11 is 1.57. The Morgan fingerprint density at radius 2 is 1.41 bits per heavy atom. The number of esters is 1. The molecular formula is C24H20N2O5S. The molecule has 8 heteroatoms. The second-order valence-corrected chi connectivity index (χ2v) is 8.93. The van der Waals surface area contributed by atoms with Gasteiger partial charge in [-0.3, -0.25) is 29.0 Å². The van der Waals surface area contributed by atoms with E-state index >= 15 is 0 Å². The van der Waals surface area contributed by atoms with Crippen LogP contribution in [0.1, 0.15) is 12.8 Å². The molecule has 1 aliphatic carbocycles. The highest BCUT2D eigenvalue weighted by atomic mass is 32.2. The molecule has 2 aromatic carbocycles. The minimum absolute atomic E-state index is 0.344. The molecule has 2 aliphatic heterocycles. The number of rotatable bonds is 4. The van der Waals surface area contributed by atoms with Crippen LogP contribution in [0.5, 0.6) is 0 Å². The van der Waals surface area contributed by atoms with E-state index in [2.05, 4.69) is 0 Å². The Labute approximate surface area is 189 Å². The van der Waals surface area contributed by atoms with Crippen molar-refractivity contribution in [1.29, 1.82) is 0 Å². The Bertz CT molecular complexity index is 1090. The highest BCUT2D eigenvalue weighted by Gasteiger charge is 2.47. The van der Waals surface area contributed by atoms with Crippen LogP contribution in [0.2, 0.25) is 0 Å². The van der Waals surface area contributed by atoms with Crippen LogP contribution in [0.25, 0.3) is 0 Å². The van der Waals surface area contributed by atoms with Crippen molar-refractivity contribution < 1.29 is 23.9 Å². The van der Waals surface area contributed by atoms with Crippen molar-refractivity contribution in [2.24, 2.45) is 11.8 Å². The molecular weight excluding hydrogens is 428 g/mol. The molecule has 5 rings (SSSR count). The first-order chi connectivity index (χ1) is 15.5. The fraction of sp³-hybridized carbons (Fsp3) is 0.250. The average molecular weight is 449 g/mol. The molecule has 0 bridgehead atoms. The number of amides is 3. The Morgan fingerprint density at radius 1 is 0.875 bits per heavy atom. The summed E-state index contributed by atoms with van der Waals surface area (Å²) in [6, 6.07) is 15.0. The summed E-state index contributed by atoms with van der Waals surface area (Å²) in [5.74, 6) is -2.68. The molecule has 3 aliphatic rings. The molecule has 3 amide bonds. The van der Waals surface area contributed by atoms with Crippen LogP contribution in [-0.2, 0) is 23.9 Å². The number of fused-ring (bicyclic) bond motifs is 3. The molecule has 1 fully saturated rings. The van der Waals surface area contributed by atoms with Crippen molar-refractivity contribution in [2.45, 2.75) is 22.6 Å². The SMILES string of the molecule is O=C(CN1C(=O)[C@@H]2CC=CC[C@H]2C1=O)OCC(=O)N1c2ccccc2Sc2ccccc21. The van der Waals surface area contributed by atoms with Crippen LogP contribution >= 0.6 is 11.8 Å². The first-order valence-electron chi connectivity index (χ1n) is 10.4. The lowest BCUT2D eigenvalue weighted by atomic mass is 9.85. The van der Waals surface area contributed by atoms with Crippen LogP contribution in [0.3, 0.4) is 0 Å². The molecule has 0 saturated carbocycles. The van der Waals surface area contributed by atoms with Gasteiger partial charge < -0.3 is 4.74 Å². The predicted molar refractivity (Wildman–Crippen MR) is 117 cm³/mol. The number of para-hydroxylation sites is 2. The minimum atomic E-state index is -0.778. The van der Waals surface area contributed by atoms with Crippen molar-refractivity contribution in [1.82, 2.24) is 4.90 Å². The molecule has 1 saturated heterocycles. The lowest BCUT2D eigenvalue weighted by Gasteiger charge is -2.30. The maximum atomic E-state index is 13.1. The number of allylic oxidation sites excluding steroid dienone is 2. The van der Waals surface area contributed by atoms with Crippen molar-refractivity contribution in [3.8, 4) is 0 Å². The van der Waals surface area contributed by atoms with E-state index in [-0.39, 0.29) is 11.8 Å². The maximum absolute atomic E-state index is 13.1. The van der Waals surface area contributed by atoms with E-state index in [0.717, 1.165) is 26.1 Å². The van der Waals surface area contributed by atoms with Crippen molar-refractivity contribution >= 4 is 46.8 Å². The summed E-state index contributed by atoms with van der Waals surface area (Å²) in [7, 11) is 0. The molecule has 0 N–H and O–H groups in total. The predicted octanol–water partition coefficient (Wildman–Crippen LogP) is 3.31. The smallest absolute Gasteiger partial charge is 0.326 e. The zero-order valence-electron chi connectivity index (χ0n) is 17.1. The molecule has 2 heterocycles. The number of anilines is 2. The molecule has 0 aromatic heterocycles. The molecule has 32 heavy (non-hydrogen) atoms. The van der Waals surface area contributed by atoms with Gasteiger partial charge >= 0.3 is 5.97 Å².